The molecule has 6 heteroatoms. The molecule has 0 radical (unpaired) electrons. The summed E-state index contributed by atoms with van der Waals surface area (Å²) in [5, 5.41) is 9.52. The summed E-state index contributed by atoms with van der Waals surface area (Å²) in [5.74, 6) is -0.112. The Hall–Kier alpha value is -2.50. The highest BCUT2D eigenvalue weighted by molar-refractivity contribution is 5.85. The number of benzene rings is 1. The zero-order chi connectivity index (χ0) is 14.9. The molecule has 20 heavy (non-hydrogen) atoms. The molecule has 1 heterocycles. The number of hydrogen-bond acceptors (Lipinski definition) is 4. The Morgan fingerprint density at radius 2 is 1.85 bits per heavy atom. The Labute approximate surface area is 115 Å². The normalized spacial score (nSPS) is 12.2. The summed E-state index contributed by atoms with van der Waals surface area (Å²) in [7, 11) is 2.96. The van der Waals surface area contributed by atoms with Crippen molar-refractivity contribution in [1.29, 1.82) is 0 Å². The van der Waals surface area contributed by atoms with Gasteiger partial charge in [0.15, 0.2) is 16.9 Å². The number of ether oxygens (including phenoxy) is 2. The molecule has 0 saturated carbocycles. The SMILES string of the molecule is COc1cc2c(=O)ccn([C@H](C)C(=O)O)c2cc1OC. The average molecular weight is 277 g/mol. The largest absolute Gasteiger partial charge is 0.493 e. The Morgan fingerprint density at radius 1 is 1.25 bits per heavy atom. The molecule has 1 atom stereocenters. The maximum Gasteiger partial charge on any atom is 0.326 e. The van der Waals surface area contributed by atoms with Crippen molar-refractivity contribution in [2.24, 2.45) is 0 Å². The van der Waals surface area contributed by atoms with E-state index in [2.05, 4.69) is 0 Å². The Bertz CT molecular complexity index is 719. The molecule has 6 nitrogen and oxygen atoms in total. The first-order valence-electron chi connectivity index (χ1n) is 5.99. The lowest BCUT2D eigenvalue weighted by Gasteiger charge is -2.16. The number of rotatable bonds is 4. The highest BCUT2D eigenvalue weighted by atomic mass is 16.5. The number of carboxylic acid groups (broad SMARTS) is 1. The maximum atomic E-state index is 11.9. The number of fused-ring (bicyclic) bond motifs is 1. The first-order chi connectivity index (χ1) is 9.49. The average Bonchev–Trinajstić information content (AvgIpc) is 2.45. The van der Waals surface area contributed by atoms with Gasteiger partial charge in [-0.3, -0.25) is 4.79 Å². The molecule has 1 aromatic heterocycles. The van der Waals surface area contributed by atoms with Gasteiger partial charge in [-0.25, -0.2) is 4.79 Å². The molecule has 0 aliphatic rings. The summed E-state index contributed by atoms with van der Waals surface area (Å²) in [4.78, 5) is 23.1. The van der Waals surface area contributed by atoms with Gasteiger partial charge in [0.2, 0.25) is 0 Å². The van der Waals surface area contributed by atoms with Gasteiger partial charge in [0.25, 0.3) is 0 Å². The molecular formula is C14H15NO5. The molecule has 0 saturated heterocycles. The molecule has 1 aromatic carbocycles. The van der Waals surface area contributed by atoms with Crippen LogP contribution >= 0.6 is 0 Å². The van der Waals surface area contributed by atoms with E-state index >= 15 is 0 Å². The molecule has 0 amide bonds. The minimum atomic E-state index is -0.982. The predicted octanol–water partition coefficient (Wildman–Crippen LogP) is 1.66. The standard InChI is InChI=1S/C14H15NO5/c1-8(14(17)18)15-5-4-11(16)9-6-12(19-2)13(20-3)7-10(9)15/h4-8H,1-3H3,(H,17,18)/t8-/m1/s1. The van der Waals surface area contributed by atoms with Gasteiger partial charge in [-0.2, -0.15) is 0 Å². The first-order valence-corrected chi connectivity index (χ1v) is 5.99. The number of aliphatic carboxylic acids is 1. The van der Waals surface area contributed by atoms with Crippen molar-refractivity contribution < 1.29 is 19.4 Å². The first kappa shape index (κ1) is 13.9. The lowest BCUT2D eigenvalue weighted by atomic mass is 10.1. The van der Waals surface area contributed by atoms with Crippen LogP contribution in [0.2, 0.25) is 0 Å². The van der Waals surface area contributed by atoms with E-state index in [1.54, 1.807) is 19.1 Å². The van der Waals surface area contributed by atoms with Gasteiger partial charge in [-0.15, -0.1) is 0 Å². The van der Waals surface area contributed by atoms with E-state index in [0.717, 1.165) is 0 Å². The van der Waals surface area contributed by atoms with Gasteiger partial charge in [0, 0.05) is 23.7 Å². The topological polar surface area (TPSA) is 77.8 Å². The van der Waals surface area contributed by atoms with Crippen LogP contribution in [0, 0.1) is 0 Å². The third-order valence-corrected chi connectivity index (χ3v) is 3.21. The van der Waals surface area contributed by atoms with Crippen LogP contribution in [0.4, 0.5) is 0 Å². The summed E-state index contributed by atoms with van der Waals surface area (Å²) in [6.07, 6.45) is 1.47. The molecule has 0 spiro atoms. The Balaban J connectivity index is 2.83. The molecule has 0 fully saturated rings. The second-order valence-electron chi connectivity index (χ2n) is 4.33. The fraction of sp³-hybridized carbons (Fsp3) is 0.286. The van der Waals surface area contributed by atoms with E-state index in [9.17, 15) is 9.59 Å². The number of nitrogens with zero attached hydrogens (tertiary/aromatic N) is 1. The lowest BCUT2D eigenvalue weighted by molar-refractivity contribution is -0.140. The minimum Gasteiger partial charge on any atom is -0.493 e. The number of methoxy groups -OCH3 is 2. The highest BCUT2D eigenvalue weighted by Gasteiger charge is 2.17. The second-order valence-corrected chi connectivity index (χ2v) is 4.33. The monoisotopic (exact) mass is 277 g/mol. The molecule has 106 valence electrons. The van der Waals surface area contributed by atoms with Crippen molar-refractivity contribution in [1.82, 2.24) is 4.57 Å². The predicted molar refractivity (Wildman–Crippen MR) is 73.7 cm³/mol. The number of carboxylic acids is 1. The summed E-state index contributed by atoms with van der Waals surface area (Å²) < 4.78 is 11.9. The number of carbonyl (C=O) groups is 1. The highest BCUT2D eigenvalue weighted by Crippen LogP contribution is 2.31. The third kappa shape index (κ3) is 2.20. The molecule has 2 rings (SSSR count). The molecule has 0 aliphatic heterocycles. The van der Waals surface area contributed by atoms with E-state index in [1.165, 1.54) is 31.0 Å². The van der Waals surface area contributed by atoms with Crippen molar-refractivity contribution in [3.8, 4) is 11.5 Å². The molecule has 2 aromatic rings. The van der Waals surface area contributed by atoms with Crippen LogP contribution in [0.15, 0.2) is 29.2 Å². The Morgan fingerprint density at radius 3 is 2.40 bits per heavy atom. The molecule has 0 aliphatic carbocycles. The van der Waals surface area contributed by atoms with Crippen molar-refractivity contribution in [2.45, 2.75) is 13.0 Å². The zero-order valence-corrected chi connectivity index (χ0v) is 11.4. The van der Waals surface area contributed by atoms with E-state index in [0.29, 0.717) is 22.4 Å². The zero-order valence-electron chi connectivity index (χ0n) is 11.4. The van der Waals surface area contributed by atoms with Crippen molar-refractivity contribution in [2.75, 3.05) is 14.2 Å². The van der Waals surface area contributed by atoms with E-state index in [4.69, 9.17) is 14.6 Å². The molecule has 0 unspecified atom stereocenters. The van der Waals surface area contributed by atoms with Crippen LogP contribution in [0.3, 0.4) is 0 Å². The van der Waals surface area contributed by atoms with E-state index in [-0.39, 0.29) is 5.43 Å². The summed E-state index contributed by atoms with van der Waals surface area (Å²) in [5.41, 5.74) is 0.292. The van der Waals surface area contributed by atoms with Crippen LogP contribution < -0.4 is 14.9 Å². The number of pyridine rings is 1. The van der Waals surface area contributed by atoms with Gasteiger partial charge in [0.1, 0.15) is 6.04 Å². The maximum absolute atomic E-state index is 11.9. The van der Waals surface area contributed by atoms with E-state index in [1.807, 2.05) is 0 Å². The van der Waals surface area contributed by atoms with Gasteiger partial charge in [-0.05, 0) is 13.0 Å². The van der Waals surface area contributed by atoms with E-state index < -0.39 is 12.0 Å². The molecule has 0 bridgehead atoms. The van der Waals surface area contributed by atoms with Gasteiger partial charge >= 0.3 is 5.97 Å². The molecule has 1 N–H and O–H groups in total. The van der Waals surface area contributed by atoms with Crippen molar-refractivity contribution in [3.63, 3.8) is 0 Å². The Kier molecular flexibility index (Phi) is 3.65. The third-order valence-electron chi connectivity index (χ3n) is 3.21. The molecular weight excluding hydrogens is 262 g/mol. The summed E-state index contributed by atoms with van der Waals surface area (Å²) in [6.45, 7) is 1.54. The van der Waals surface area contributed by atoms with Gasteiger partial charge in [0.05, 0.1) is 19.7 Å². The second kappa shape index (κ2) is 5.24. The van der Waals surface area contributed by atoms with Crippen LogP contribution in [0.5, 0.6) is 11.5 Å². The van der Waals surface area contributed by atoms with Crippen LogP contribution in [-0.4, -0.2) is 29.9 Å². The number of aromatic nitrogens is 1. The lowest BCUT2D eigenvalue weighted by Crippen LogP contribution is -2.18. The van der Waals surface area contributed by atoms with Crippen LogP contribution in [0.1, 0.15) is 13.0 Å². The quantitative estimate of drug-likeness (QED) is 0.919. The fourth-order valence-corrected chi connectivity index (χ4v) is 2.05. The van der Waals surface area contributed by atoms with Gasteiger partial charge < -0.3 is 19.1 Å². The van der Waals surface area contributed by atoms with Crippen LogP contribution in [0.25, 0.3) is 10.9 Å². The number of hydrogen-bond donors (Lipinski definition) is 1. The van der Waals surface area contributed by atoms with Crippen molar-refractivity contribution >= 4 is 16.9 Å². The minimum absolute atomic E-state index is 0.199. The van der Waals surface area contributed by atoms with Crippen molar-refractivity contribution in [3.05, 3.63) is 34.6 Å². The smallest absolute Gasteiger partial charge is 0.326 e. The summed E-state index contributed by atoms with van der Waals surface area (Å²) in [6, 6.07) is 3.71. The van der Waals surface area contributed by atoms with Gasteiger partial charge in [-0.1, -0.05) is 0 Å². The van der Waals surface area contributed by atoms with Crippen LogP contribution in [-0.2, 0) is 4.79 Å². The fourth-order valence-electron chi connectivity index (χ4n) is 2.05. The summed E-state index contributed by atoms with van der Waals surface area (Å²) >= 11 is 0.